The lowest BCUT2D eigenvalue weighted by Gasteiger charge is -2.33. The quantitative estimate of drug-likeness (QED) is 0.843. The minimum absolute atomic E-state index is 0.294. The SMILES string of the molecule is CN1CCN(c2cc(-c3cn(C)cn3)nc(N)n2)CC1. The van der Waals surface area contributed by atoms with Crippen molar-refractivity contribution < 1.29 is 0 Å². The van der Waals surface area contributed by atoms with Crippen molar-refractivity contribution in [1.29, 1.82) is 0 Å². The summed E-state index contributed by atoms with van der Waals surface area (Å²) in [7, 11) is 4.06. The third-order valence-electron chi connectivity index (χ3n) is 3.52. The van der Waals surface area contributed by atoms with Gasteiger partial charge in [0.2, 0.25) is 5.95 Å². The maximum Gasteiger partial charge on any atom is 0.222 e. The van der Waals surface area contributed by atoms with Crippen LogP contribution >= 0.6 is 0 Å². The Balaban J connectivity index is 1.90. The van der Waals surface area contributed by atoms with Gasteiger partial charge in [-0.25, -0.2) is 9.97 Å². The minimum atomic E-state index is 0.294. The highest BCUT2D eigenvalue weighted by atomic mass is 15.3. The molecule has 0 spiro atoms. The van der Waals surface area contributed by atoms with Crippen LogP contribution in [0.3, 0.4) is 0 Å². The van der Waals surface area contributed by atoms with Gasteiger partial charge in [0.1, 0.15) is 11.5 Å². The third kappa shape index (κ3) is 2.57. The Kier molecular flexibility index (Phi) is 3.27. The Morgan fingerprint density at radius 2 is 1.80 bits per heavy atom. The van der Waals surface area contributed by atoms with E-state index in [2.05, 4.69) is 31.8 Å². The largest absolute Gasteiger partial charge is 0.368 e. The molecule has 2 N–H and O–H groups in total. The van der Waals surface area contributed by atoms with Crippen molar-refractivity contribution in [3.63, 3.8) is 0 Å². The van der Waals surface area contributed by atoms with Crippen LogP contribution in [0, 0.1) is 0 Å². The molecule has 3 heterocycles. The van der Waals surface area contributed by atoms with Gasteiger partial charge in [-0.2, -0.15) is 4.98 Å². The highest BCUT2D eigenvalue weighted by Gasteiger charge is 2.17. The zero-order valence-electron chi connectivity index (χ0n) is 11.8. The van der Waals surface area contributed by atoms with Gasteiger partial charge in [0, 0.05) is 45.5 Å². The number of nitrogens with two attached hydrogens (primary N) is 1. The number of nitrogens with zero attached hydrogens (tertiary/aromatic N) is 6. The van der Waals surface area contributed by atoms with Crippen LogP contribution in [0.15, 0.2) is 18.6 Å². The summed E-state index contributed by atoms with van der Waals surface area (Å²) >= 11 is 0. The number of likely N-dealkylation sites (N-methyl/N-ethyl adjacent to an activating group) is 1. The number of aromatic nitrogens is 4. The van der Waals surface area contributed by atoms with Crippen LogP contribution in [0.25, 0.3) is 11.4 Å². The number of imidazole rings is 1. The zero-order valence-corrected chi connectivity index (χ0v) is 11.8. The van der Waals surface area contributed by atoms with E-state index in [4.69, 9.17) is 5.73 Å². The molecule has 2 aromatic rings. The molecule has 0 amide bonds. The normalized spacial score (nSPS) is 16.6. The van der Waals surface area contributed by atoms with Crippen molar-refractivity contribution in [3.8, 4) is 11.4 Å². The lowest BCUT2D eigenvalue weighted by molar-refractivity contribution is 0.312. The minimum Gasteiger partial charge on any atom is -0.368 e. The van der Waals surface area contributed by atoms with Crippen molar-refractivity contribution in [2.24, 2.45) is 7.05 Å². The summed E-state index contributed by atoms with van der Waals surface area (Å²) in [5.74, 6) is 1.17. The molecule has 0 aromatic carbocycles. The molecule has 1 aliphatic heterocycles. The van der Waals surface area contributed by atoms with Crippen molar-refractivity contribution in [2.45, 2.75) is 0 Å². The van der Waals surface area contributed by atoms with Gasteiger partial charge in [0.25, 0.3) is 0 Å². The average Bonchev–Trinajstić information content (AvgIpc) is 2.85. The summed E-state index contributed by atoms with van der Waals surface area (Å²) < 4.78 is 1.89. The predicted molar refractivity (Wildman–Crippen MR) is 78.4 cm³/mol. The van der Waals surface area contributed by atoms with Gasteiger partial charge >= 0.3 is 0 Å². The van der Waals surface area contributed by atoms with Gasteiger partial charge in [-0.05, 0) is 7.05 Å². The van der Waals surface area contributed by atoms with Gasteiger partial charge in [0.05, 0.1) is 12.0 Å². The molecule has 7 heteroatoms. The lowest BCUT2D eigenvalue weighted by atomic mass is 10.2. The summed E-state index contributed by atoms with van der Waals surface area (Å²) in [6.45, 7) is 3.97. The number of anilines is 2. The van der Waals surface area contributed by atoms with Gasteiger partial charge in [0.15, 0.2) is 0 Å². The van der Waals surface area contributed by atoms with Crippen LogP contribution in [0.5, 0.6) is 0 Å². The van der Waals surface area contributed by atoms with E-state index in [0.29, 0.717) is 5.95 Å². The maximum absolute atomic E-state index is 5.84. The molecule has 0 radical (unpaired) electrons. The van der Waals surface area contributed by atoms with Crippen LogP contribution in [-0.4, -0.2) is 57.6 Å². The Labute approximate surface area is 118 Å². The van der Waals surface area contributed by atoms with Gasteiger partial charge in [-0.15, -0.1) is 0 Å². The third-order valence-corrected chi connectivity index (χ3v) is 3.52. The topological polar surface area (TPSA) is 76.1 Å². The number of hydrogen-bond donors (Lipinski definition) is 1. The number of rotatable bonds is 2. The number of nitrogen functional groups attached to an aromatic ring is 1. The van der Waals surface area contributed by atoms with E-state index in [0.717, 1.165) is 43.4 Å². The molecule has 0 aliphatic carbocycles. The fourth-order valence-electron chi connectivity index (χ4n) is 2.33. The first-order valence-electron chi connectivity index (χ1n) is 6.68. The van der Waals surface area contributed by atoms with E-state index in [1.807, 2.05) is 23.9 Å². The first-order valence-corrected chi connectivity index (χ1v) is 6.68. The average molecular weight is 273 g/mol. The van der Waals surface area contributed by atoms with Crippen LogP contribution in [0.4, 0.5) is 11.8 Å². The molecule has 0 atom stereocenters. The molecule has 1 fully saturated rings. The summed E-state index contributed by atoms with van der Waals surface area (Å²) in [4.78, 5) is 17.5. The molecule has 1 saturated heterocycles. The molecule has 0 saturated carbocycles. The second-order valence-corrected chi connectivity index (χ2v) is 5.18. The molecular formula is C13H19N7. The van der Waals surface area contributed by atoms with Gasteiger partial charge in [-0.1, -0.05) is 0 Å². The highest BCUT2D eigenvalue weighted by Crippen LogP contribution is 2.21. The van der Waals surface area contributed by atoms with Crippen LogP contribution < -0.4 is 10.6 Å². The first-order chi connectivity index (χ1) is 9.61. The number of aryl methyl sites for hydroxylation is 1. The first kappa shape index (κ1) is 12.9. The second kappa shape index (κ2) is 5.09. The van der Waals surface area contributed by atoms with Gasteiger partial charge < -0.3 is 20.1 Å². The fourth-order valence-corrected chi connectivity index (χ4v) is 2.33. The predicted octanol–water partition coefficient (Wildman–Crippen LogP) is 0.211. The summed E-state index contributed by atoms with van der Waals surface area (Å²) in [5.41, 5.74) is 7.43. The number of hydrogen-bond acceptors (Lipinski definition) is 6. The van der Waals surface area contributed by atoms with E-state index < -0.39 is 0 Å². The molecule has 106 valence electrons. The molecule has 20 heavy (non-hydrogen) atoms. The van der Waals surface area contributed by atoms with E-state index in [-0.39, 0.29) is 0 Å². The van der Waals surface area contributed by atoms with Crippen LogP contribution in [-0.2, 0) is 7.05 Å². The molecule has 0 unspecified atom stereocenters. The van der Waals surface area contributed by atoms with E-state index in [1.54, 1.807) is 6.33 Å². The van der Waals surface area contributed by atoms with Crippen LogP contribution in [0.2, 0.25) is 0 Å². The van der Waals surface area contributed by atoms with Crippen molar-refractivity contribution in [1.82, 2.24) is 24.4 Å². The lowest BCUT2D eigenvalue weighted by Crippen LogP contribution is -2.44. The summed E-state index contributed by atoms with van der Waals surface area (Å²) in [6.07, 6.45) is 3.68. The molecule has 1 aliphatic rings. The van der Waals surface area contributed by atoms with Crippen molar-refractivity contribution >= 4 is 11.8 Å². The summed E-state index contributed by atoms with van der Waals surface area (Å²) in [5, 5.41) is 0. The second-order valence-electron chi connectivity index (χ2n) is 5.18. The fraction of sp³-hybridized carbons (Fsp3) is 0.462. The zero-order chi connectivity index (χ0) is 14.1. The van der Waals surface area contributed by atoms with Crippen molar-refractivity contribution in [3.05, 3.63) is 18.6 Å². The molecule has 0 bridgehead atoms. The molecular weight excluding hydrogens is 254 g/mol. The van der Waals surface area contributed by atoms with Crippen LogP contribution in [0.1, 0.15) is 0 Å². The Hall–Kier alpha value is -2.15. The monoisotopic (exact) mass is 273 g/mol. The molecule has 7 nitrogen and oxygen atoms in total. The summed E-state index contributed by atoms with van der Waals surface area (Å²) in [6, 6.07) is 1.96. The van der Waals surface area contributed by atoms with E-state index >= 15 is 0 Å². The smallest absolute Gasteiger partial charge is 0.222 e. The van der Waals surface area contributed by atoms with E-state index in [1.165, 1.54) is 0 Å². The standard InChI is InChI=1S/C13H19N7/c1-18-3-5-20(6-4-18)12-7-10(16-13(14)17-12)11-8-19(2)9-15-11/h7-9H,3-6H2,1-2H3,(H2,14,16,17). The van der Waals surface area contributed by atoms with E-state index in [9.17, 15) is 0 Å². The Morgan fingerprint density at radius 3 is 2.45 bits per heavy atom. The maximum atomic E-state index is 5.84. The number of piperazine rings is 1. The van der Waals surface area contributed by atoms with Crippen molar-refractivity contribution in [2.75, 3.05) is 43.9 Å². The Bertz CT molecular complexity index is 599. The van der Waals surface area contributed by atoms with Gasteiger partial charge in [-0.3, -0.25) is 0 Å². The highest BCUT2D eigenvalue weighted by molar-refractivity contribution is 5.60. The molecule has 3 rings (SSSR count). The Morgan fingerprint density at radius 1 is 1.05 bits per heavy atom. The molecule has 2 aromatic heterocycles.